The van der Waals surface area contributed by atoms with Crippen molar-refractivity contribution < 1.29 is 9.53 Å². The Morgan fingerprint density at radius 1 is 1.12 bits per heavy atom. The molecule has 2 aliphatic carbocycles. The van der Waals surface area contributed by atoms with Gasteiger partial charge in [-0.15, -0.1) is 0 Å². The highest BCUT2D eigenvalue weighted by atomic mass is 16.5. The van der Waals surface area contributed by atoms with Crippen LogP contribution in [-0.4, -0.2) is 29.5 Å². The van der Waals surface area contributed by atoms with Crippen molar-refractivity contribution in [2.24, 2.45) is 0 Å². The second-order valence-corrected chi connectivity index (χ2v) is 7.29. The average Bonchev–Trinajstić information content (AvgIpc) is 3.28. The molecule has 0 radical (unpaired) electrons. The van der Waals surface area contributed by atoms with Crippen molar-refractivity contribution >= 4 is 5.91 Å². The van der Waals surface area contributed by atoms with Crippen LogP contribution >= 0.6 is 0 Å². The van der Waals surface area contributed by atoms with Gasteiger partial charge in [-0.1, -0.05) is 25.0 Å². The van der Waals surface area contributed by atoms with E-state index in [0.29, 0.717) is 24.5 Å². The first kappa shape index (κ1) is 17.3. The predicted molar refractivity (Wildman–Crippen MR) is 97.3 cm³/mol. The minimum Gasteiger partial charge on any atom is -0.490 e. The van der Waals surface area contributed by atoms with Crippen LogP contribution in [0, 0.1) is 0 Å². The molecule has 0 aliphatic heterocycles. The van der Waals surface area contributed by atoms with Gasteiger partial charge in [0.1, 0.15) is 5.75 Å². The van der Waals surface area contributed by atoms with Gasteiger partial charge in [0.05, 0.1) is 6.10 Å². The predicted octanol–water partition coefficient (Wildman–Crippen LogP) is 4.73. The summed E-state index contributed by atoms with van der Waals surface area (Å²) in [5.41, 5.74) is 1.21. The Bertz CT molecular complexity index is 530. The van der Waals surface area contributed by atoms with Gasteiger partial charge in [0, 0.05) is 19.0 Å². The maximum Gasteiger partial charge on any atom is 0.223 e. The Morgan fingerprint density at radius 3 is 2.54 bits per heavy atom. The van der Waals surface area contributed by atoms with Crippen molar-refractivity contribution in [1.29, 1.82) is 0 Å². The topological polar surface area (TPSA) is 29.5 Å². The highest BCUT2D eigenvalue weighted by Gasteiger charge is 2.25. The molecule has 132 valence electrons. The van der Waals surface area contributed by atoms with E-state index in [1.165, 1.54) is 56.9 Å². The summed E-state index contributed by atoms with van der Waals surface area (Å²) in [4.78, 5) is 14.7. The van der Waals surface area contributed by atoms with Crippen LogP contribution in [0.2, 0.25) is 0 Å². The lowest BCUT2D eigenvalue weighted by Gasteiger charge is -2.27. The molecule has 1 aromatic rings. The summed E-state index contributed by atoms with van der Waals surface area (Å²) in [5.74, 6) is 1.28. The summed E-state index contributed by atoms with van der Waals surface area (Å²) in [6.07, 6.45) is 11.6. The maximum atomic E-state index is 12.6. The molecule has 0 saturated heterocycles. The summed E-state index contributed by atoms with van der Waals surface area (Å²) in [6.45, 7) is 2.95. The molecular weight excluding hydrogens is 298 g/mol. The van der Waals surface area contributed by atoms with E-state index in [2.05, 4.69) is 30.0 Å². The molecule has 0 unspecified atom stereocenters. The lowest BCUT2D eigenvalue weighted by Crippen LogP contribution is -2.38. The van der Waals surface area contributed by atoms with E-state index in [0.717, 1.165) is 18.7 Å². The number of rotatable bonds is 7. The number of nitrogens with zero attached hydrogens (tertiary/aromatic N) is 1. The first-order chi connectivity index (χ1) is 11.8. The second-order valence-electron chi connectivity index (χ2n) is 7.29. The molecule has 2 saturated carbocycles. The molecule has 3 rings (SSSR count). The monoisotopic (exact) mass is 329 g/mol. The molecule has 0 atom stereocenters. The minimum absolute atomic E-state index is 0.312. The van der Waals surface area contributed by atoms with Gasteiger partial charge in [-0.3, -0.25) is 4.79 Å². The highest BCUT2D eigenvalue weighted by Crippen LogP contribution is 2.26. The molecule has 1 amide bonds. The van der Waals surface area contributed by atoms with E-state index in [9.17, 15) is 4.79 Å². The zero-order valence-corrected chi connectivity index (χ0v) is 15.0. The molecular formula is C21H31NO2. The third-order valence-electron chi connectivity index (χ3n) is 5.56. The maximum absolute atomic E-state index is 12.6. The quantitative estimate of drug-likeness (QED) is 0.723. The molecule has 24 heavy (non-hydrogen) atoms. The molecule has 1 aromatic carbocycles. The molecule has 3 heteroatoms. The summed E-state index contributed by atoms with van der Waals surface area (Å²) < 4.78 is 6.08. The van der Waals surface area contributed by atoms with Crippen LogP contribution < -0.4 is 4.74 Å². The average molecular weight is 329 g/mol. The van der Waals surface area contributed by atoms with Gasteiger partial charge in [0.2, 0.25) is 5.91 Å². The fourth-order valence-electron chi connectivity index (χ4n) is 4.22. The lowest BCUT2D eigenvalue weighted by atomic mass is 10.1. The molecule has 0 aromatic heterocycles. The standard InChI is InChI=1S/C21H31NO2/c1-2-22(18-9-3-4-10-18)21(23)15-14-17-8-7-13-20(16-17)24-19-11-5-6-12-19/h7-8,13,16,18-19H,2-6,9-12,14-15H2,1H3. The first-order valence-corrected chi connectivity index (χ1v) is 9.81. The summed E-state index contributed by atoms with van der Waals surface area (Å²) in [7, 11) is 0. The number of benzene rings is 1. The van der Waals surface area contributed by atoms with Crippen molar-refractivity contribution in [1.82, 2.24) is 4.90 Å². The number of hydrogen-bond acceptors (Lipinski definition) is 2. The van der Waals surface area contributed by atoms with E-state index in [1.54, 1.807) is 0 Å². The van der Waals surface area contributed by atoms with Crippen LogP contribution in [0.25, 0.3) is 0 Å². The highest BCUT2D eigenvalue weighted by molar-refractivity contribution is 5.76. The Morgan fingerprint density at radius 2 is 1.83 bits per heavy atom. The van der Waals surface area contributed by atoms with E-state index in [4.69, 9.17) is 4.74 Å². The second kappa shape index (κ2) is 8.55. The number of hydrogen-bond donors (Lipinski definition) is 0. The summed E-state index contributed by atoms with van der Waals surface area (Å²) in [5, 5.41) is 0. The largest absolute Gasteiger partial charge is 0.490 e. The molecule has 0 heterocycles. The van der Waals surface area contributed by atoms with Crippen molar-refractivity contribution in [2.45, 2.75) is 83.3 Å². The van der Waals surface area contributed by atoms with Crippen molar-refractivity contribution in [3.05, 3.63) is 29.8 Å². The number of ether oxygens (including phenoxy) is 1. The third kappa shape index (κ3) is 4.52. The minimum atomic E-state index is 0.312. The Labute approximate surface area is 146 Å². The first-order valence-electron chi connectivity index (χ1n) is 9.81. The normalized spacial score (nSPS) is 18.9. The van der Waals surface area contributed by atoms with Crippen LogP contribution in [0.3, 0.4) is 0 Å². The molecule has 2 aliphatic rings. The third-order valence-corrected chi connectivity index (χ3v) is 5.56. The number of carbonyl (C=O) groups is 1. The van der Waals surface area contributed by atoms with Crippen molar-refractivity contribution in [3.63, 3.8) is 0 Å². The summed E-state index contributed by atoms with van der Waals surface area (Å²) >= 11 is 0. The van der Waals surface area contributed by atoms with Crippen LogP contribution in [0.15, 0.2) is 24.3 Å². The van der Waals surface area contributed by atoms with Crippen molar-refractivity contribution in [2.75, 3.05) is 6.54 Å². The molecule has 3 nitrogen and oxygen atoms in total. The Kier molecular flexibility index (Phi) is 6.17. The SMILES string of the molecule is CCN(C(=O)CCc1cccc(OC2CCCC2)c1)C1CCCC1. The van der Waals surface area contributed by atoms with E-state index < -0.39 is 0 Å². The van der Waals surface area contributed by atoms with Crippen LogP contribution in [0.5, 0.6) is 5.75 Å². The van der Waals surface area contributed by atoms with E-state index in [1.807, 2.05) is 6.07 Å². The van der Waals surface area contributed by atoms with E-state index in [-0.39, 0.29) is 0 Å². The smallest absolute Gasteiger partial charge is 0.223 e. The fourth-order valence-corrected chi connectivity index (χ4v) is 4.22. The van der Waals surface area contributed by atoms with E-state index >= 15 is 0 Å². The number of aryl methyl sites for hydroxylation is 1. The zero-order valence-electron chi connectivity index (χ0n) is 15.0. The lowest BCUT2D eigenvalue weighted by molar-refractivity contribution is -0.133. The van der Waals surface area contributed by atoms with Crippen molar-refractivity contribution in [3.8, 4) is 5.75 Å². The van der Waals surface area contributed by atoms with Gasteiger partial charge >= 0.3 is 0 Å². The molecule has 2 fully saturated rings. The Hall–Kier alpha value is -1.51. The van der Waals surface area contributed by atoms with Crippen LogP contribution in [0.4, 0.5) is 0 Å². The van der Waals surface area contributed by atoms with Gasteiger partial charge in [0.15, 0.2) is 0 Å². The van der Waals surface area contributed by atoms with Crippen LogP contribution in [-0.2, 0) is 11.2 Å². The fraction of sp³-hybridized carbons (Fsp3) is 0.667. The number of amides is 1. The van der Waals surface area contributed by atoms with Gasteiger partial charge in [-0.05, 0) is 69.6 Å². The molecule has 0 spiro atoms. The summed E-state index contributed by atoms with van der Waals surface area (Å²) in [6, 6.07) is 8.82. The molecule has 0 bridgehead atoms. The Balaban J connectivity index is 1.52. The van der Waals surface area contributed by atoms with Crippen LogP contribution in [0.1, 0.15) is 70.3 Å². The van der Waals surface area contributed by atoms with Gasteiger partial charge in [-0.25, -0.2) is 0 Å². The number of carbonyl (C=O) groups excluding carboxylic acids is 1. The molecule has 0 N–H and O–H groups in total. The van der Waals surface area contributed by atoms with Gasteiger partial charge in [0.25, 0.3) is 0 Å². The van der Waals surface area contributed by atoms with Gasteiger partial charge in [-0.2, -0.15) is 0 Å². The van der Waals surface area contributed by atoms with Gasteiger partial charge < -0.3 is 9.64 Å². The zero-order chi connectivity index (χ0) is 16.8.